The molecule has 2 aromatic carbocycles. The highest BCUT2D eigenvalue weighted by Crippen LogP contribution is 2.51. The van der Waals surface area contributed by atoms with Crippen LogP contribution in [0, 0.1) is 22.7 Å². The Kier molecular flexibility index (Phi) is 6.74. The maximum absolute atomic E-state index is 11.5. The van der Waals surface area contributed by atoms with Crippen LogP contribution in [0.15, 0.2) is 82.3 Å². The first-order valence-corrected chi connectivity index (χ1v) is 14.1. The minimum absolute atomic E-state index is 0.0321. The predicted molar refractivity (Wildman–Crippen MR) is 162 cm³/mol. The van der Waals surface area contributed by atoms with Gasteiger partial charge in [-0.05, 0) is 69.7 Å². The average Bonchev–Trinajstić information content (AvgIpc) is 3.26. The fourth-order valence-corrected chi connectivity index (χ4v) is 6.67. The highest BCUT2D eigenvalue weighted by molar-refractivity contribution is 6.31. The van der Waals surface area contributed by atoms with Crippen molar-refractivity contribution in [3.63, 3.8) is 0 Å². The third-order valence-corrected chi connectivity index (χ3v) is 8.90. The summed E-state index contributed by atoms with van der Waals surface area (Å²) in [5.74, 6) is 0.0692. The third-order valence-electron chi connectivity index (χ3n) is 8.42. The molecule has 202 valence electrons. The van der Waals surface area contributed by atoms with E-state index >= 15 is 0 Å². The summed E-state index contributed by atoms with van der Waals surface area (Å²) < 4.78 is 2.19. The molecule has 1 aliphatic carbocycles. The van der Waals surface area contributed by atoms with Crippen LogP contribution in [0.1, 0.15) is 52.7 Å². The highest BCUT2D eigenvalue weighted by Gasteiger charge is 2.46. The molecule has 3 aliphatic rings. The Labute approximate surface area is 245 Å². The van der Waals surface area contributed by atoms with Gasteiger partial charge in [0.2, 0.25) is 5.69 Å². The van der Waals surface area contributed by atoms with Crippen molar-refractivity contribution in [3.8, 4) is 12.1 Å². The highest BCUT2D eigenvalue weighted by atomic mass is 35.5. The summed E-state index contributed by atoms with van der Waals surface area (Å²) in [7, 11) is 0. The van der Waals surface area contributed by atoms with Gasteiger partial charge in [0.15, 0.2) is 5.71 Å². The second-order valence-corrected chi connectivity index (χ2v) is 12.1. The zero-order valence-electron chi connectivity index (χ0n) is 23.5. The van der Waals surface area contributed by atoms with Crippen LogP contribution in [0.4, 0.5) is 11.4 Å². The first-order valence-electron chi connectivity index (χ1n) is 13.4. The van der Waals surface area contributed by atoms with Crippen LogP contribution in [0.3, 0.4) is 0 Å². The fraction of sp³-hybridized carbons (Fsp3) is 0.303. The molecule has 0 atom stereocenters. The van der Waals surface area contributed by atoms with Gasteiger partial charge in [-0.1, -0.05) is 37.0 Å². The van der Waals surface area contributed by atoms with Gasteiger partial charge in [0.05, 0.1) is 5.41 Å². The molecule has 0 saturated carbocycles. The van der Waals surface area contributed by atoms with Crippen LogP contribution in [-0.4, -0.2) is 28.5 Å². The first kappa shape index (κ1) is 27.8. The molecule has 1 N–H and O–H groups in total. The SMILES string of the molecule is CCN1/C(=C\C2=C(O)C(=C\C3=[N+](CC)c4ccc(Cl)cc4C3(C)C)/C2=C(C#N)C#N)C(C)(C)c2cc(Cl)ccc21. The summed E-state index contributed by atoms with van der Waals surface area (Å²) in [6.07, 6.45) is 3.84. The van der Waals surface area contributed by atoms with Gasteiger partial charge < -0.3 is 10.0 Å². The van der Waals surface area contributed by atoms with Gasteiger partial charge in [-0.25, -0.2) is 0 Å². The molecule has 0 amide bonds. The minimum Gasteiger partial charge on any atom is -0.507 e. The molecule has 2 heterocycles. The Morgan fingerprint density at radius 2 is 1.57 bits per heavy atom. The number of hydrogen-bond acceptors (Lipinski definition) is 4. The Hall–Kier alpha value is -3.77. The summed E-state index contributed by atoms with van der Waals surface area (Å²) in [6.45, 7) is 14.0. The van der Waals surface area contributed by atoms with Gasteiger partial charge in [-0.3, -0.25) is 0 Å². The number of anilines is 1. The van der Waals surface area contributed by atoms with Crippen LogP contribution >= 0.6 is 23.2 Å². The molecular formula is C33H31Cl2N4O+. The minimum atomic E-state index is -0.407. The monoisotopic (exact) mass is 569 g/mol. The number of aliphatic hydroxyl groups excluding tert-OH is 1. The van der Waals surface area contributed by atoms with E-state index in [1.807, 2.05) is 48.6 Å². The van der Waals surface area contributed by atoms with Crippen molar-refractivity contribution in [1.29, 1.82) is 10.5 Å². The maximum atomic E-state index is 11.5. The molecule has 0 spiro atoms. The molecule has 0 radical (unpaired) electrons. The standard InChI is InChI=1S/C33H30Cl2N4O/c1-7-38-26-11-9-20(34)13-24(26)32(3,4)28(38)15-22-30(19(17-36)18-37)23(31(22)40)16-29-33(5,6)25-14-21(35)10-12-27(25)39(29)8-2/h9-16H,7-8H2,1-6H3/p+1. The number of aliphatic hydroxyl groups is 1. The Balaban J connectivity index is 1.71. The van der Waals surface area contributed by atoms with E-state index < -0.39 is 10.8 Å². The molecule has 0 bridgehead atoms. The summed E-state index contributed by atoms with van der Waals surface area (Å²) in [6, 6.07) is 15.9. The number of rotatable bonds is 4. The predicted octanol–water partition coefficient (Wildman–Crippen LogP) is 8.19. The van der Waals surface area contributed by atoms with Gasteiger partial charge >= 0.3 is 0 Å². The van der Waals surface area contributed by atoms with Crippen molar-refractivity contribution in [3.05, 3.63) is 103 Å². The smallest absolute Gasteiger partial charge is 0.209 e. The molecule has 2 aliphatic heterocycles. The molecular weight excluding hydrogens is 539 g/mol. The Bertz CT molecular complexity index is 1710. The van der Waals surface area contributed by atoms with Crippen LogP contribution in [0.2, 0.25) is 10.0 Å². The van der Waals surface area contributed by atoms with E-state index in [2.05, 4.69) is 63.2 Å². The number of benzene rings is 2. The van der Waals surface area contributed by atoms with Crippen molar-refractivity contribution in [1.82, 2.24) is 0 Å². The lowest BCUT2D eigenvalue weighted by Gasteiger charge is -2.31. The van der Waals surface area contributed by atoms with Crippen molar-refractivity contribution in [2.75, 3.05) is 18.0 Å². The number of fused-ring (bicyclic) bond motifs is 2. The molecule has 0 unspecified atom stereocenters. The van der Waals surface area contributed by atoms with E-state index in [1.54, 1.807) is 0 Å². The number of likely N-dealkylation sites (N-methyl/N-ethyl adjacent to an activating group) is 1. The number of halogens is 2. The molecule has 0 fully saturated rings. The average molecular weight is 571 g/mol. The lowest BCUT2D eigenvalue weighted by molar-refractivity contribution is -0.433. The van der Waals surface area contributed by atoms with Crippen LogP contribution < -0.4 is 4.90 Å². The van der Waals surface area contributed by atoms with Gasteiger partial charge in [-0.15, -0.1) is 0 Å². The van der Waals surface area contributed by atoms with Gasteiger partial charge in [0, 0.05) is 67.8 Å². The molecule has 0 aromatic heterocycles. The summed E-state index contributed by atoms with van der Waals surface area (Å²) in [4.78, 5) is 2.19. The topological polar surface area (TPSA) is 74.1 Å². The van der Waals surface area contributed by atoms with Crippen molar-refractivity contribution >= 4 is 40.3 Å². The third kappa shape index (κ3) is 3.92. The van der Waals surface area contributed by atoms with Crippen LogP contribution in [0.25, 0.3) is 0 Å². The molecule has 0 saturated heterocycles. The van der Waals surface area contributed by atoms with E-state index in [1.165, 1.54) is 0 Å². The van der Waals surface area contributed by atoms with Crippen molar-refractivity contribution in [2.45, 2.75) is 52.4 Å². The van der Waals surface area contributed by atoms with Gasteiger partial charge in [0.1, 0.15) is 30.0 Å². The first-order chi connectivity index (χ1) is 18.9. The Morgan fingerprint density at radius 1 is 0.950 bits per heavy atom. The second-order valence-electron chi connectivity index (χ2n) is 11.3. The molecule has 7 heteroatoms. The van der Waals surface area contributed by atoms with Gasteiger partial charge in [-0.2, -0.15) is 15.1 Å². The van der Waals surface area contributed by atoms with Crippen molar-refractivity contribution in [2.24, 2.45) is 0 Å². The molecule has 40 heavy (non-hydrogen) atoms. The number of nitrogens with zero attached hydrogens (tertiary/aromatic N) is 4. The zero-order valence-corrected chi connectivity index (χ0v) is 25.0. The normalized spacial score (nSPS) is 20.4. The molecule has 5 rings (SSSR count). The number of nitriles is 2. The Morgan fingerprint density at radius 3 is 2.17 bits per heavy atom. The van der Waals surface area contributed by atoms with E-state index in [0.29, 0.717) is 39.9 Å². The van der Waals surface area contributed by atoms with E-state index in [9.17, 15) is 15.6 Å². The number of allylic oxidation sites excluding steroid dienone is 6. The van der Waals surface area contributed by atoms with Gasteiger partial charge in [0.25, 0.3) is 0 Å². The van der Waals surface area contributed by atoms with E-state index in [-0.39, 0.29) is 11.3 Å². The molecule has 5 nitrogen and oxygen atoms in total. The summed E-state index contributed by atoms with van der Waals surface area (Å²) in [5, 5.41) is 32.7. The number of hydrogen-bond donors (Lipinski definition) is 1. The van der Waals surface area contributed by atoms with E-state index in [0.717, 1.165) is 33.9 Å². The summed E-state index contributed by atoms with van der Waals surface area (Å²) in [5.41, 5.74) is 6.82. The fourth-order valence-electron chi connectivity index (χ4n) is 6.32. The zero-order chi connectivity index (χ0) is 29.1. The van der Waals surface area contributed by atoms with Crippen LogP contribution in [0.5, 0.6) is 0 Å². The summed E-state index contributed by atoms with van der Waals surface area (Å²) >= 11 is 12.7. The lowest BCUT2D eigenvalue weighted by atomic mass is 9.74. The van der Waals surface area contributed by atoms with Crippen LogP contribution in [-0.2, 0) is 10.8 Å². The molecule has 2 aromatic rings. The van der Waals surface area contributed by atoms with Crippen molar-refractivity contribution < 1.29 is 9.68 Å². The lowest BCUT2D eigenvalue weighted by Crippen LogP contribution is -2.30. The largest absolute Gasteiger partial charge is 0.507 e. The quantitative estimate of drug-likeness (QED) is 0.297. The maximum Gasteiger partial charge on any atom is 0.209 e. The second kappa shape index (κ2) is 9.70. The van der Waals surface area contributed by atoms with E-state index in [4.69, 9.17) is 23.2 Å².